The highest BCUT2D eigenvalue weighted by atomic mass is 16.5. The molecule has 0 aliphatic carbocycles. The molecule has 1 heterocycles. The summed E-state index contributed by atoms with van der Waals surface area (Å²) in [7, 11) is 1.73. The minimum Gasteiger partial charge on any atom is -0.494 e. The minimum absolute atomic E-state index is 0.443. The lowest BCUT2D eigenvalue weighted by molar-refractivity contribution is 0.336. The van der Waals surface area contributed by atoms with E-state index in [9.17, 15) is 0 Å². The first-order valence-corrected chi connectivity index (χ1v) is 9.36. The van der Waals surface area contributed by atoms with Gasteiger partial charge in [-0.25, -0.2) is 4.98 Å². The van der Waals surface area contributed by atoms with Crippen LogP contribution >= 0.6 is 0 Å². The normalized spacial score (nSPS) is 11.3. The van der Waals surface area contributed by atoms with Gasteiger partial charge in [-0.1, -0.05) is 48.0 Å². The van der Waals surface area contributed by atoms with Crippen molar-refractivity contribution in [2.24, 2.45) is 4.99 Å². The number of oxazole rings is 1. The van der Waals surface area contributed by atoms with Gasteiger partial charge in [-0.15, -0.1) is 0 Å². The molecule has 0 aliphatic rings. The van der Waals surface area contributed by atoms with Crippen LogP contribution in [-0.4, -0.2) is 24.6 Å². The minimum atomic E-state index is 0.443. The molecule has 0 atom stereocenters. The van der Waals surface area contributed by atoms with Crippen LogP contribution in [0.25, 0.3) is 11.3 Å². The molecule has 2 N–H and O–H groups in total. The van der Waals surface area contributed by atoms with E-state index in [-0.39, 0.29) is 0 Å². The lowest BCUT2D eigenvalue weighted by Crippen LogP contribution is -2.36. The summed E-state index contributed by atoms with van der Waals surface area (Å²) >= 11 is 0. The molecule has 1 aromatic heterocycles. The molecule has 0 bridgehead atoms. The number of ether oxygens (including phenoxy) is 1. The maximum Gasteiger partial charge on any atom is 0.214 e. The second-order valence-corrected chi connectivity index (χ2v) is 6.30. The molecular formula is C22H26N4O2. The summed E-state index contributed by atoms with van der Waals surface area (Å²) in [6.07, 6.45) is 1.75. The summed E-state index contributed by atoms with van der Waals surface area (Å²) < 4.78 is 11.5. The van der Waals surface area contributed by atoms with Crippen LogP contribution in [0.15, 0.2) is 64.1 Å². The summed E-state index contributed by atoms with van der Waals surface area (Å²) in [5.74, 6) is 2.91. The smallest absolute Gasteiger partial charge is 0.214 e. The molecule has 3 aromatic rings. The Morgan fingerprint density at radius 3 is 2.57 bits per heavy atom. The first-order valence-electron chi connectivity index (χ1n) is 9.36. The van der Waals surface area contributed by atoms with Crippen molar-refractivity contribution in [2.75, 3.05) is 13.7 Å². The number of nitrogens with one attached hydrogen (secondary N) is 2. The molecule has 0 spiro atoms. The molecule has 6 heteroatoms. The number of benzene rings is 2. The summed E-state index contributed by atoms with van der Waals surface area (Å²) in [6, 6.07) is 16.1. The fourth-order valence-corrected chi connectivity index (χ4v) is 2.75. The van der Waals surface area contributed by atoms with E-state index in [1.54, 1.807) is 13.2 Å². The van der Waals surface area contributed by atoms with Gasteiger partial charge in [0, 0.05) is 24.7 Å². The average molecular weight is 378 g/mol. The van der Waals surface area contributed by atoms with Crippen LogP contribution in [-0.2, 0) is 13.1 Å². The number of hydrogen-bond donors (Lipinski definition) is 2. The van der Waals surface area contributed by atoms with Crippen LogP contribution in [0.4, 0.5) is 0 Å². The van der Waals surface area contributed by atoms with Crippen molar-refractivity contribution in [3.63, 3.8) is 0 Å². The Kier molecular flexibility index (Phi) is 6.68. The second kappa shape index (κ2) is 9.60. The van der Waals surface area contributed by atoms with Crippen molar-refractivity contribution in [1.29, 1.82) is 0 Å². The van der Waals surface area contributed by atoms with Crippen molar-refractivity contribution >= 4 is 5.96 Å². The fraction of sp³-hybridized carbons (Fsp3) is 0.273. The number of aromatic nitrogens is 1. The number of guanidine groups is 1. The molecule has 0 saturated carbocycles. The van der Waals surface area contributed by atoms with Gasteiger partial charge in [0.15, 0.2) is 11.7 Å². The van der Waals surface area contributed by atoms with Crippen LogP contribution in [0.2, 0.25) is 0 Å². The number of rotatable bonds is 7. The third kappa shape index (κ3) is 5.13. The van der Waals surface area contributed by atoms with Crippen molar-refractivity contribution in [1.82, 2.24) is 15.6 Å². The van der Waals surface area contributed by atoms with Crippen LogP contribution in [0, 0.1) is 6.92 Å². The Morgan fingerprint density at radius 2 is 1.82 bits per heavy atom. The summed E-state index contributed by atoms with van der Waals surface area (Å²) in [5, 5.41) is 6.51. The highest BCUT2D eigenvalue weighted by molar-refractivity contribution is 5.79. The van der Waals surface area contributed by atoms with E-state index in [1.807, 2.05) is 43.3 Å². The van der Waals surface area contributed by atoms with E-state index in [4.69, 9.17) is 9.15 Å². The molecule has 28 heavy (non-hydrogen) atoms. The van der Waals surface area contributed by atoms with Gasteiger partial charge >= 0.3 is 0 Å². The molecule has 3 rings (SSSR count). The highest BCUT2D eigenvalue weighted by Crippen LogP contribution is 2.20. The predicted molar refractivity (Wildman–Crippen MR) is 111 cm³/mol. The fourth-order valence-electron chi connectivity index (χ4n) is 2.75. The summed E-state index contributed by atoms with van der Waals surface area (Å²) in [5.41, 5.74) is 3.30. The predicted octanol–water partition coefficient (Wildman–Crippen LogP) is 3.91. The Hall–Kier alpha value is -3.28. The van der Waals surface area contributed by atoms with Gasteiger partial charge in [0.2, 0.25) is 5.89 Å². The Labute approximate surface area is 165 Å². The van der Waals surface area contributed by atoms with Crippen LogP contribution in [0.5, 0.6) is 5.75 Å². The molecule has 146 valence electrons. The zero-order valence-electron chi connectivity index (χ0n) is 16.5. The van der Waals surface area contributed by atoms with Gasteiger partial charge < -0.3 is 19.8 Å². The molecule has 0 radical (unpaired) electrons. The van der Waals surface area contributed by atoms with E-state index in [2.05, 4.69) is 39.7 Å². The molecule has 0 unspecified atom stereocenters. The molecule has 2 aromatic carbocycles. The van der Waals surface area contributed by atoms with Gasteiger partial charge in [-0.05, 0) is 19.9 Å². The standard InChI is InChI=1S/C22H26N4O2/c1-4-27-19-8-6-5-7-18(19)13-25-22(23-3)26-15-21-24-14-20(28-21)17-11-9-16(2)10-12-17/h5-12,14H,4,13,15H2,1-3H3,(H2,23,25,26). The molecular weight excluding hydrogens is 352 g/mol. The topological polar surface area (TPSA) is 71.7 Å². The monoisotopic (exact) mass is 378 g/mol. The quantitative estimate of drug-likeness (QED) is 0.482. The second-order valence-electron chi connectivity index (χ2n) is 6.30. The van der Waals surface area contributed by atoms with E-state index >= 15 is 0 Å². The van der Waals surface area contributed by atoms with Crippen LogP contribution < -0.4 is 15.4 Å². The maximum absolute atomic E-state index is 5.84. The number of para-hydroxylation sites is 1. The van der Waals surface area contributed by atoms with Gasteiger partial charge in [0.05, 0.1) is 19.3 Å². The summed E-state index contributed by atoms with van der Waals surface area (Å²) in [6.45, 7) is 5.73. The van der Waals surface area contributed by atoms with Crippen molar-refractivity contribution in [3.05, 3.63) is 71.7 Å². The van der Waals surface area contributed by atoms with Crippen LogP contribution in [0.1, 0.15) is 23.9 Å². The molecule has 0 amide bonds. The Bertz CT molecular complexity index is 916. The van der Waals surface area contributed by atoms with Gasteiger partial charge in [-0.2, -0.15) is 0 Å². The Balaban J connectivity index is 1.55. The maximum atomic E-state index is 5.84. The Morgan fingerprint density at radius 1 is 1.07 bits per heavy atom. The third-order valence-electron chi connectivity index (χ3n) is 4.24. The lowest BCUT2D eigenvalue weighted by Gasteiger charge is -2.13. The highest BCUT2D eigenvalue weighted by Gasteiger charge is 2.08. The van der Waals surface area contributed by atoms with Crippen molar-refractivity contribution in [2.45, 2.75) is 26.9 Å². The SMILES string of the molecule is CCOc1ccccc1CNC(=NC)NCc1ncc(-c2ccc(C)cc2)o1. The number of nitrogens with zero attached hydrogens (tertiary/aromatic N) is 2. The number of aryl methyl sites for hydroxylation is 1. The van der Waals surface area contributed by atoms with E-state index in [0.717, 1.165) is 22.6 Å². The zero-order chi connectivity index (χ0) is 19.8. The van der Waals surface area contributed by atoms with Gasteiger partial charge in [0.25, 0.3) is 0 Å². The van der Waals surface area contributed by atoms with E-state index in [0.29, 0.717) is 31.5 Å². The third-order valence-corrected chi connectivity index (χ3v) is 4.24. The molecule has 0 aliphatic heterocycles. The van der Waals surface area contributed by atoms with Crippen LogP contribution in [0.3, 0.4) is 0 Å². The van der Waals surface area contributed by atoms with E-state index < -0.39 is 0 Å². The van der Waals surface area contributed by atoms with Gasteiger partial charge in [-0.3, -0.25) is 4.99 Å². The molecule has 0 fully saturated rings. The van der Waals surface area contributed by atoms with Crippen molar-refractivity contribution in [3.8, 4) is 17.1 Å². The summed E-state index contributed by atoms with van der Waals surface area (Å²) in [4.78, 5) is 8.60. The lowest BCUT2D eigenvalue weighted by atomic mass is 10.1. The zero-order valence-corrected chi connectivity index (χ0v) is 16.5. The number of aliphatic imine (C=N–C) groups is 1. The first kappa shape index (κ1) is 19.5. The van der Waals surface area contributed by atoms with Crippen molar-refractivity contribution < 1.29 is 9.15 Å². The van der Waals surface area contributed by atoms with E-state index in [1.165, 1.54) is 5.56 Å². The first-order chi connectivity index (χ1) is 13.7. The number of hydrogen-bond acceptors (Lipinski definition) is 4. The molecule has 0 saturated heterocycles. The average Bonchev–Trinajstić information content (AvgIpc) is 3.19. The largest absolute Gasteiger partial charge is 0.494 e. The van der Waals surface area contributed by atoms with Gasteiger partial charge in [0.1, 0.15) is 5.75 Å². The molecule has 6 nitrogen and oxygen atoms in total.